The lowest BCUT2D eigenvalue weighted by molar-refractivity contribution is -0.139. The highest BCUT2D eigenvalue weighted by Crippen LogP contribution is 2.44. The smallest absolute Gasteiger partial charge is 0.407 e. The maximum atomic E-state index is 12.8. The van der Waals surface area contributed by atoms with Crippen LogP contribution in [0.15, 0.2) is 48.5 Å². The van der Waals surface area contributed by atoms with E-state index in [1.54, 1.807) is 0 Å². The predicted octanol–water partition coefficient (Wildman–Crippen LogP) is 3.92. The third-order valence-electron chi connectivity index (χ3n) is 7.53. The molecule has 178 valence electrons. The summed E-state index contributed by atoms with van der Waals surface area (Å²) in [5.41, 5.74) is 4.67. The molecule has 7 nitrogen and oxygen atoms in total. The van der Waals surface area contributed by atoms with E-state index in [1.165, 1.54) is 11.1 Å². The van der Waals surface area contributed by atoms with Gasteiger partial charge >= 0.3 is 12.1 Å². The first-order valence-corrected chi connectivity index (χ1v) is 12.1. The monoisotopic (exact) mass is 462 g/mol. The number of carbonyl (C=O) groups excluding carboxylic acids is 2. The topological polar surface area (TPSA) is 105 Å². The Kier molecular flexibility index (Phi) is 6.26. The van der Waals surface area contributed by atoms with Crippen LogP contribution >= 0.6 is 0 Å². The van der Waals surface area contributed by atoms with Crippen LogP contribution in [0.25, 0.3) is 11.1 Å². The second-order valence-corrected chi connectivity index (χ2v) is 9.65. The van der Waals surface area contributed by atoms with E-state index in [2.05, 4.69) is 34.9 Å². The molecule has 5 rings (SSSR count). The molecule has 2 aromatic rings. The van der Waals surface area contributed by atoms with Gasteiger partial charge < -0.3 is 20.5 Å². The maximum Gasteiger partial charge on any atom is 0.407 e. The molecule has 3 aliphatic carbocycles. The van der Waals surface area contributed by atoms with Crippen molar-refractivity contribution in [2.75, 3.05) is 13.2 Å². The number of ether oxygens (including phenoxy) is 1. The van der Waals surface area contributed by atoms with Gasteiger partial charge in [0.1, 0.15) is 6.61 Å². The van der Waals surface area contributed by atoms with Crippen LogP contribution in [0.3, 0.4) is 0 Å². The Bertz CT molecular complexity index is 1050. The van der Waals surface area contributed by atoms with Crippen molar-refractivity contribution in [3.8, 4) is 11.1 Å². The lowest BCUT2D eigenvalue weighted by Gasteiger charge is -2.31. The van der Waals surface area contributed by atoms with E-state index in [1.807, 2.05) is 24.3 Å². The van der Waals surface area contributed by atoms with Crippen LogP contribution in [-0.2, 0) is 14.3 Å². The van der Waals surface area contributed by atoms with E-state index >= 15 is 0 Å². The third kappa shape index (κ3) is 4.52. The first kappa shape index (κ1) is 22.4. The summed E-state index contributed by atoms with van der Waals surface area (Å²) < 4.78 is 5.67. The van der Waals surface area contributed by atoms with Gasteiger partial charge in [-0.2, -0.15) is 0 Å². The van der Waals surface area contributed by atoms with E-state index in [-0.39, 0.29) is 42.2 Å². The second-order valence-electron chi connectivity index (χ2n) is 9.65. The fourth-order valence-corrected chi connectivity index (χ4v) is 5.55. The van der Waals surface area contributed by atoms with Gasteiger partial charge in [0.15, 0.2) is 0 Å². The van der Waals surface area contributed by atoms with Crippen molar-refractivity contribution < 1.29 is 24.2 Å². The van der Waals surface area contributed by atoms with E-state index < -0.39 is 12.1 Å². The fourth-order valence-electron chi connectivity index (χ4n) is 5.55. The SMILES string of the molecule is O=C(NC1CCCCC1C(=O)NCC1CC1C(=O)O)OCC1c2ccccc2-c2ccccc21. The van der Waals surface area contributed by atoms with Crippen LogP contribution in [0, 0.1) is 17.8 Å². The molecule has 4 unspecified atom stereocenters. The minimum atomic E-state index is -0.799. The molecule has 7 heteroatoms. The van der Waals surface area contributed by atoms with Gasteiger partial charge in [0.2, 0.25) is 5.91 Å². The first-order chi connectivity index (χ1) is 16.5. The van der Waals surface area contributed by atoms with Gasteiger partial charge in [-0.05, 0) is 47.4 Å². The summed E-state index contributed by atoms with van der Waals surface area (Å²) in [5, 5.41) is 14.9. The Hall–Kier alpha value is -3.35. The van der Waals surface area contributed by atoms with Crippen molar-refractivity contribution in [2.45, 2.75) is 44.1 Å². The zero-order valence-corrected chi connectivity index (χ0v) is 19.0. The summed E-state index contributed by atoms with van der Waals surface area (Å²) >= 11 is 0. The van der Waals surface area contributed by atoms with Gasteiger partial charge in [0.05, 0.1) is 11.8 Å². The van der Waals surface area contributed by atoms with Gasteiger partial charge in [0.25, 0.3) is 0 Å². The molecule has 0 radical (unpaired) electrons. The number of benzene rings is 2. The van der Waals surface area contributed by atoms with Crippen molar-refractivity contribution in [2.24, 2.45) is 17.8 Å². The van der Waals surface area contributed by atoms with Crippen molar-refractivity contribution in [3.05, 3.63) is 59.7 Å². The van der Waals surface area contributed by atoms with Gasteiger partial charge in [-0.25, -0.2) is 4.79 Å². The molecule has 4 atom stereocenters. The van der Waals surface area contributed by atoms with Crippen molar-refractivity contribution >= 4 is 18.0 Å². The average molecular weight is 463 g/mol. The van der Waals surface area contributed by atoms with E-state index in [0.717, 1.165) is 30.4 Å². The van der Waals surface area contributed by atoms with Gasteiger partial charge in [-0.1, -0.05) is 61.4 Å². The van der Waals surface area contributed by atoms with Gasteiger partial charge in [-0.15, -0.1) is 0 Å². The standard InChI is InChI=1S/C27H30N2O5/c30-25(28-14-16-13-22(16)26(31)32)21-11-5-6-12-24(21)29-27(33)34-15-23-19-9-3-1-7-17(19)18-8-2-4-10-20(18)23/h1-4,7-10,16,21-24H,5-6,11-15H2,(H,28,30)(H,29,33)(H,31,32). The number of rotatable bonds is 7. The number of carboxylic acids is 1. The number of fused-ring (bicyclic) bond motifs is 3. The van der Waals surface area contributed by atoms with E-state index in [9.17, 15) is 14.4 Å². The van der Waals surface area contributed by atoms with Crippen LogP contribution in [0.1, 0.15) is 49.1 Å². The molecule has 0 spiro atoms. The number of carboxylic acid groups (broad SMARTS) is 1. The molecule has 0 bridgehead atoms. The minimum Gasteiger partial charge on any atom is -0.481 e. The molecule has 3 N–H and O–H groups in total. The third-order valence-corrected chi connectivity index (χ3v) is 7.53. The second kappa shape index (κ2) is 9.49. The Labute approximate surface area is 198 Å². The van der Waals surface area contributed by atoms with Crippen molar-refractivity contribution in [1.82, 2.24) is 10.6 Å². The summed E-state index contributed by atoms with van der Waals surface area (Å²) in [7, 11) is 0. The molecular formula is C27H30N2O5. The van der Waals surface area contributed by atoms with Crippen LogP contribution in [0.5, 0.6) is 0 Å². The lowest BCUT2D eigenvalue weighted by atomic mass is 9.84. The zero-order valence-electron chi connectivity index (χ0n) is 19.0. The normalized spacial score (nSPS) is 25.1. The zero-order chi connectivity index (χ0) is 23.7. The Morgan fingerprint density at radius 2 is 1.56 bits per heavy atom. The summed E-state index contributed by atoms with van der Waals surface area (Å²) in [6.07, 6.45) is 3.42. The van der Waals surface area contributed by atoms with E-state index in [4.69, 9.17) is 9.84 Å². The summed E-state index contributed by atoms with van der Waals surface area (Å²) in [5.74, 6) is -1.58. The first-order valence-electron chi connectivity index (χ1n) is 12.1. The number of alkyl carbamates (subject to hydrolysis) is 1. The molecule has 0 aliphatic heterocycles. The number of amides is 2. The lowest BCUT2D eigenvalue weighted by Crippen LogP contribution is -2.49. The Morgan fingerprint density at radius 1 is 0.912 bits per heavy atom. The molecule has 2 aromatic carbocycles. The van der Waals surface area contributed by atoms with Crippen LogP contribution in [0.2, 0.25) is 0 Å². The molecule has 2 saturated carbocycles. The number of hydrogen-bond donors (Lipinski definition) is 3. The number of aliphatic carboxylic acids is 1. The molecule has 0 aromatic heterocycles. The Morgan fingerprint density at radius 3 is 2.21 bits per heavy atom. The number of hydrogen-bond acceptors (Lipinski definition) is 4. The quantitative estimate of drug-likeness (QED) is 0.579. The molecule has 2 fully saturated rings. The number of carbonyl (C=O) groups is 3. The predicted molar refractivity (Wildman–Crippen MR) is 126 cm³/mol. The molecule has 3 aliphatic rings. The van der Waals surface area contributed by atoms with E-state index in [0.29, 0.717) is 19.4 Å². The van der Waals surface area contributed by atoms with Gasteiger partial charge in [0, 0.05) is 18.5 Å². The molecule has 2 amide bonds. The van der Waals surface area contributed by atoms with Gasteiger partial charge in [-0.3, -0.25) is 9.59 Å². The highest BCUT2D eigenvalue weighted by Gasteiger charge is 2.43. The average Bonchev–Trinajstić information content (AvgIpc) is 3.57. The Balaban J connectivity index is 1.17. The van der Waals surface area contributed by atoms with Crippen LogP contribution in [0.4, 0.5) is 4.79 Å². The molecular weight excluding hydrogens is 432 g/mol. The fraction of sp³-hybridized carbons (Fsp3) is 0.444. The summed E-state index contributed by atoms with van der Waals surface area (Å²) in [4.78, 5) is 36.5. The van der Waals surface area contributed by atoms with Crippen LogP contribution in [-0.4, -0.2) is 42.3 Å². The van der Waals surface area contributed by atoms with Crippen LogP contribution < -0.4 is 10.6 Å². The minimum absolute atomic E-state index is 0.00988. The maximum absolute atomic E-state index is 12.8. The largest absolute Gasteiger partial charge is 0.481 e. The molecule has 34 heavy (non-hydrogen) atoms. The highest BCUT2D eigenvalue weighted by atomic mass is 16.5. The van der Waals surface area contributed by atoms with Crippen molar-refractivity contribution in [1.29, 1.82) is 0 Å². The highest BCUT2D eigenvalue weighted by molar-refractivity contribution is 5.81. The number of nitrogens with one attached hydrogen (secondary N) is 2. The molecule has 0 saturated heterocycles. The van der Waals surface area contributed by atoms with Crippen molar-refractivity contribution in [3.63, 3.8) is 0 Å². The summed E-state index contributed by atoms with van der Waals surface area (Å²) in [6, 6.07) is 16.1. The summed E-state index contributed by atoms with van der Waals surface area (Å²) in [6.45, 7) is 0.617. The molecule has 0 heterocycles.